The van der Waals surface area contributed by atoms with Gasteiger partial charge < -0.3 is 5.11 Å². The second kappa shape index (κ2) is 5.54. The smallest absolute Gasteiger partial charge is 0.322 e. The monoisotopic (exact) mass is 297 g/mol. The Balaban J connectivity index is 2.42. The number of aliphatic carboxylic acids is 1. The normalized spacial score (nSPS) is 20.8. The lowest BCUT2D eigenvalue weighted by atomic mass is 10.1. The lowest BCUT2D eigenvalue weighted by molar-refractivity contribution is -0.142. The van der Waals surface area contributed by atoms with E-state index in [9.17, 15) is 18.3 Å². The number of carbonyl (C=O) groups is 1. The summed E-state index contributed by atoms with van der Waals surface area (Å²) in [6, 6.07) is 3.96. The van der Waals surface area contributed by atoms with Gasteiger partial charge in [0, 0.05) is 6.54 Å². The standard InChI is InChI=1S/C14H19NO4S/c1-10-6-7-12(9-11(10)2)20(18,19)15-8-4-3-5-13(15)14(16)17/h6-7,9,13H,3-5,8H2,1-2H3,(H,16,17)/t13-/m0/s1. The molecule has 0 aliphatic carbocycles. The first kappa shape index (κ1) is 15.0. The quantitative estimate of drug-likeness (QED) is 0.925. The van der Waals surface area contributed by atoms with E-state index in [0.29, 0.717) is 12.8 Å². The molecule has 0 bridgehead atoms. The summed E-state index contributed by atoms with van der Waals surface area (Å²) >= 11 is 0. The van der Waals surface area contributed by atoms with E-state index < -0.39 is 22.0 Å². The predicted molar refractivity (Wildman–Crippen MR) is 75.1 cm³/mol. The summed E-state index contributed by atoms with van der Waals surface area (Å²) in [5.74, 6) is -1.07. The Morgan fingerprint density at radius 3 is 2.55 bits per heavy atom. The zero-order valence-corrected chi connectivity index (χ0v) is 12.5. The molecule has 1 atom stereocenters. The van der Waals surface area contributed by atoms with Crippen molar-refractivity contribution < 1.29 is 18.3 Å². The van der Waals surface area contributed by atoms with E-state index in [1.165, 1.54) is 0 Å². The van der Waals surface area contributed by atoms with Crippen molar-refractivity contribution >= 4 is 16.0 Å². The maximum atomic E-state index is 12.6. The molecule has 2 rings (SSSR count). The SMILES string of the molecule is Cc1ccc(S(=O)(=O)N2CCCC[C@H]2C(=O)O)cc1C. The van der Waals surface area contributed by atoms with Crippen molar-refractivity contribution in [2.24, 2.45) is 0 Å². The van der Waals surface area contributed by atoms with Gasteiger partial charge >= 0.3 is 5.97 Å². The highest BCUT2D eigenvalue weighted by Gasteiger charge is 2.37. The van der Waals surface area contributed by atoms with E-state index >= 15 is 0 Å². The van der Waals surface area contributed by atoms with Gasteiger partial charge in [-0.15, -0.1) is 0 Å². The van der Waals surface area contributed by atoms with Gasteiger partial charge in [0.25, 0.3) is 0 Å². The van der Waals surface area contributed by atoms with Crippen LogP contribution in [-0.4, -0.2) is 36.4 Å². The Kier molecular flexibility index (Phi) is 4.15. The summed E-state index contributed by atoms with van der Waals surface area (Å²) < 4.78 is 26.4. The molecule has 1 N–H and O–H groups in total. The number of nitrogens with zero attached hydrogens (tertiary/aromatic N) is 1. The molecule has 0 radical (unpaired) electrons. The van der Waals surface area contributed by atoms with Crippen LogP contribution in [0.4, 0.5) is 0 Å². The first-order valence-corrected chi connectivity index (χ1v) is 8.10. The number of piperidine rings is 1. The molecule has 1 aliphatic heterocycles. The van der Waals surface area contributed by atoms with E-state index in [2.05, 4.69) is 0 Å². The van der Waals surface area contributed by atoms with Crippen LogP contribution in [0.25, 0.3) is 0 Å². The summed E-state index contributed by atoms with van der Waals surface area (Å²) in [6.07, 6.45) is 1.82. The fraction of sp³-hybridized carbons (Fsp3) is 0.500. The van der Waals surface area contributed by atoms with Crippen LogP contribution in [-0.2, 0) is 14.8 Å². The van der Waals surface area contributed by atoms with Gasteiger partial charge in [-0.2, -0.15) is 4.31 Å². The summed E-state index contributed by atoms with van der Waals surface area (Å²) in [7, 11) is -3.74. The molecule has 6 heteroatoms. The molecule has 5 nitrogen and oxygen atoms in total. The Hall–Kier alpha value is -1.40. The van der Waals surface area contributed by atoms with Crippen molar-refractivity contribution in [2.45, 2.75) is 44.0 Å². The van der Waals surface area contributed by atoms with Crippen molar-refractivity contribution in [3.05, 3.63) is 29.3 Å². The minimum atomic E-state index is -3.74. The zero-order valence-electron chi connectivity index (χ0n) is 11.7. The van der Waals surface area contributed by atoms with Gasteiger partial charge in [-0.1, -0.05) is 6.07 Å². The van der Waals surface area contributed by atoms with Gasteiger partial charge in [0.2, 0.25) is 10.0 Å². The van der Waals surface area contributed by atoms with Crippen molar-refractivity contribution in [3.8, 4) is 0 Å². The average Bonchev–Trinajstić information content (AvgIpc) is 2.41. The van der Waals surface area contributed by atoms with E-state index in [4.69, 9.17) is 0 Å². The minimum absolute atomic E-state index is 0.175. The number of rotatable bonds is 3. The second-order valence-electron chi connectivity index (χ2n) is 5.21. The molecule has 1 heterocycles. The van der Waals surface area contributed by atoms with Gasteiger partial charge in [-0.25, -0.2) is 8.42 Å². The predicted octanol–water partition coefficient (Wildman–Crippen LogP) is 1.93. The Morgan fingerprint density at radius 1 is 1.25 bits per heavy atom. The molecule has 1 aliphatic rings. The molecule has 0 amide bonds. The third-order valence-corrected chi connectivity index (χ3v) is 5.73. The molecular weight excluding hydrogens is 278 g/mol. The maximum absolute atomic E-state index is 12.6. The van der Waals surface area contributed by atoms with Crippen LogP contribution in [0.5, 0.6) is 0 Å². The number of sulfonamides is 1. The number of benzene rings is 1. The topological polar surface area (TPSA) is 74.7 Å². The molecular formula is C14H19NO4S. The van der Waals surface area contributed by atoms with E-state index in [-0.39, 0.29) is 11.4 Å². The summed E-state index contributed by atoms with van der Waals surface area (Å²) in [4.78, 5) is 11.4. The zero-order chi connectivity index (χ0) is 14.9. The van der Waals surface area contributed by atoms with Crippen molar-refractivity contribution in [1.82, 2.24) is 4.31 Å². The number of carboxylic acids is 1. The lowest BCUT2D eigenvalue weighted by Crippen LogP contribution is -2.47. The number of carboxylic acid groups (broad SMARTS) is 1. The third-order valence-electron chi connectivity index (χ3n) is 3.82. The molecule has 1 aromatic carbocycles. The van der Waals surface area contributed by atoms with E-state index in [0.717, 1.165) is 21.9 Å². The number of hydrogen-bond donors (Lipinski definition) is 1. The van der Waals surface area contributed by atoms with E-state index in [1.54, 1.807) is 18.2 Å². The summed E-state index contributed by atoms with van der Waals surface area (Å²) in [5.41, 5.74) is 1.90. The third kappa shape index (κ3) is 2.71. The largest absolute Gasteiger partial charge is 0.480 e. The number of aryl methyl sites for hydroxylation is 2. The molecule has 0 aromatic heterocycles. The Bertz CT molecular complexity index is 624. The molecule has 1 aromatic rings. The fourth-order valence-electron chi connectivity index (χ4n) is 2.45. The summed E-state index contributed by atoms with van der Waals surface area (Å²) in [6.45, 7) is 4.03. The van der Waals surface area contributed by atoms with Gasteiger partial charge in [0.15, 0.2) is 0 Å². The Morgan fingerprint density at radius 2 is 1.95 bits per heavy atom. The highest BCUT2D eigenvalue weighted by atomic mass is 32.2. The molecule has 20 heavy (non-hydrogen) atoms. The van der Waals surface area contributed by atoms with Crippen molar-refractivity contribution in [2.75, 3.05) is 6.54 Å². The second-order valence-corrected chi connectivity index (χ2v) is 7.10. The first-order chi connectivity index (χ1) is 9.34. The van der Waals surface area contributed by atoms with Crippen LogP contribution in [0.15, 0.2) is 23.1 Å². The fourth-order valence-corrected chi connectivity index (χ4v) is 4.19. The van der Waals surface area contributed by atoms with Crippen LogP contribution >= 0.6 is 0 Å². The van der Waals surface area contributed by atoms with Gasteiger partial charge in [0.05, 0.1) is 4.90 Å². The molecule has 0 saturated carbocycles. The molecule has 0 spiro atoms. The van der Waals surface area contributed by atoms with Gasteiger partial charge in [-0.3, -0.25) is 4.79 Å². The van der Waals surface area contributed by atoms with Crippen LogP contribution in [0.1, 0.15) is 30.4 Å². The first-order valence-electron chi connectivity index (χ1n) is 6.66. The summed E-state index contributed by atoms with van der Waals surface area (Å²) in [5, 5.41) is 9.21. The van der Waals surface area contributed by atoms with Crippen LogP contribution in [0, 0.1) is 13.8 Å². The molecule has 0 unspecified atom stereocenters. The van der Waals surface area contributed by atoms with Crippen LogP contribution < -0.4 is 0 Å². The van der Waals surface area contributed by atoms with Gasteiger partial charge in [-0.05, 0) is 56.4 Å². The van der Waals surface area contributed by atoms with Crippen molar-refractivity contribution in [1.29, 1.82) is 0 Å². The van der Waals surface area contributed by atoms with Crippen LogP contribution in [0.2, 0.25) is 0 Å². The number of hydrogen-bond acceptors (Lipinski definition) is 3. The molecule has 1 saturated heterocycles. The van der Waals surface area contributed by atoms with E-state index in [1.807, 2.05) is 13.8 Å². The lowest BCUT2D eigenvalue weighted by Gasteiger charge is -2.32. The Labute approximate surface area is 119 Å². The maximum Gasteiger partial charge on any atom is 0.322 e. The molecule has 110 valence electrons. The highest BCUT2D eigenvalue weighted by molar-refractivity contribution is 7.89. The molecule has 1 fully saturated rings. The van der Waals surface area contributed by atoms with Crippen molar-refractivity contribution in [3.63, 3.8) is 0 Å². The highest BCUT2D eigenvalue weighted by Crippen LogP contribution is 2.26. The van der Waals surface area contributed by atoms with Crippen LogP contribution in [0.3, 0.4) is 0 Å². The van der Waals surface area contributed by atoms with Gasteiger partial charge in [0.1, 0.15) is 6.04 Å². The average molecular weight is 297 g/mol. The minimum Gasteiger partial charge on any atom is -0.480 e.